The molecule has 0 fully saturated rings. The molecule has 162 valence electrons. The first kappa shape index (κ1) is 20.9. The summed E-state index contributed by atoms with van der Waals surface area (Å²) in [6, 6.07) is 2.98. The number of benzene rings is 1. The van der Waals surface area contributed by atoms with Crippen molar-refractivity contribution in [3.05, 3.63) is 46.9 Å². The number of rotatable bonds is 7. The van der Waals surface area contributed by atoms with Crippen LogP contribution in [-0.2, 0) is 6.54 Å². The molecule has 31 heavy (non-hydrogen) atoms. The van der Waals surface area contributed by atoms with E-state index in [9.17, 15) is 9.90 Å². The van der Waals surface area contributed by atoms with Gasteiger partial charge >= 0.3 is 0 Å². The molecule has 0 radical (unpaired) electrons. The van der Waals surface area contributed by atoms with E-state index in [0.717, 1.165) is 0 Å². The van der Waals surface area contributed by atoms with Gasteiger partial charge in [-0.2, -0.15) is 5.10 Å². The first-order valence-corrected chi connectivity index (χ1v) is 10.1. The van der Waals surface area contributed by atoms with Gasteiger partial charge in [-0.3, -0.25) is 9.48 Å². The topological polar surface area (TPSA) is 133 Å². The molecule has 1 atom stereocenters. The van der Waals surface area contributed by atoms with Crippen molar-refractivity contribution in [3.63, 3.8) is 0 Å². The van der Waals surface area contributed by atoms with Crippen LogP contribution in [-0.4, -0.2) is 48.6 Å². The molecule has 3 aromatic heterocycles. The molecule has 4 rings (SSSR count). The van der Waals surface area contributed by atoms with Crippen LogP contribution in [0.15, 0.2) is 30.7 Å². The van der Waals surface area contributed by atoms with Gasteiger partial charge < -0.3 is 20.9 Å². The Hall–Kier alpha value is -3.37. The lowest BCUT2D eigenvalue weighted by Gasteiger charge is -2.19. The fourth-order valence-electron chi connectivity index (χ4n) is 3.48. The summed E-state index contributed by atoms with van der Waals surface area (Å²) >= 11 is 6.50. The van der Waals surface area contributed by atoms with E-state index in [0.29, 0.717) is 46.0 Å². The van der Waals surface area contributed by atoms with Gasteiger partial charge in [-0.15, -0.1) is 5.10 Å². The number of fused-ring (bicyclic) bond motifs is 2. The number of aliphatic hydroxyl groups is 1. The van der Waals surface area contributed by atoms with E-state index in [2.05, 4.69) is 20.5 Å². The molecule has 1 amide bonds. The van der Waals surface area contributed by atoms with Gasteiger partial charge in [0.15, 0.2) is 17.2 Å². The fourth-order valence-corrected chi connectivity index (χ4v) is 3.74. The number of aliphatic hydroxyl groups excluding tert-OH is 1. The second-order valence-corrected chi connectivity index (χ2v) is 7.34. The van der Waals surface area contributed by atoms with Gasteiger partial charge in [0, 0.05) is 29.5 Å². The molecule has 0 saturated heterocycles. The lowest BCUT2D eigenvalue weighted by molar-refractivity contribution is 0.0941. The van der Waals surface area contributed by atoms with E-state index >= 15 is 0 Å². The predicted molar refractivity (Wildman–Crippen MR) is 116 cm³/mol. The van der Waals surface area contributed by atoms with Crippen LogP contribution in [0, 0.1) is 0 Å². The Balaban J connectivity index is 1.72. The smallest absolute Gasteiger partial charge is 0.259 e. The standard InChI is InChI=1S/C20H22ClN7O3/c1-3-31-17-12(9-14(21)13-10-27(7-8-29)25-16(13)17)11(2)24-20(30)15-18(22)26-28-6-4-5-23-19(15)28/h4-6,9-11,29H,3,7-8H2,1-2H3,(H2,22,26)(H,24,30). The Morgan fingerprint density at radius 3 is 2.97 bits per heavy atom. The Bertz CT molecular complexity index is 1270. The highest BCUT2D eigenvalue weighted by Crippen LogP contribution is 2.37. The lowest BCUT2D eigenvalue weighted by atomic mass is 10.0. The molecule has 1 unspecified atom stereocenters. The highest BCUT2D eigenvalue weighted by atomic mass is 35.5. The Kier molecular flexibility index (Phi) is 5.66. The summed E-state index contributed by atoms with van der Waals surface area (Å²) in [6.07, 6.45) is 5.00. The average Bonchev–Trinajstić information content (AvgIpc) is 3.30. The van der Waals surface area contributed by atoms with Crippen LogP contribution in [0.2, 0.25) is 5.02 Å². The number of nitrogens with one attached hydrogen (secondary N) is 1. The van der Waals surface area contributed by atoms with Gasteiger partial charge in [-0.05, 0) is 26.0 Å². The molecule has 0 aliphatic rings. The molecule has 0 aliphatic carbocycles. The number of halogens is 1. The van der Waals surface area contributed by atoms with Crippen LogP contribution in [0.3, 0.4) is 0 Å². The average molecular weight is 444 g/mol. The van der Waals surface area contributed by atoms with Crippen LogP contribution < -0.4 is 15.8 Å². The molecule has 10 nitrogen and oxygen atoms in total. The van der Waals surface area contributed by atoms with E-state index in [1.807, 2.05) is 13.8 Å². The van der Waals surface area contributed by atoms with Gasteiger partial charge in [0.1, 0.15) is 11.1 Å². The molecular weight excluding hydrogens is 422 g/mol. The summed E-state index contributed by atoms with van der Waals surface area (Å²) in [5.41, 5.74) is 7.77. The summed E-state index contributed by atoms with van der Waals surface area (Å²) in [5.74, 6) is 0.199. The molecule has 0 bridgehead atoms. The Morgan fingerprint density at radius 1 is 1.42 bits per heavy atom. The number of nitrogens with two attached hydrogens (primary N) is 1. The van der Waals surface area contributed by atoms with E-state index in [-0.39, 0.29) is 18.0 Å². The zero-order valence-electron chi connectivity index (χ0n) is 17.0. The van der Waals surface area contributed by atoms with Crippen molar-refractivity contribution in [2.75, 3.05) is 18.9 Å². The fraction of sp³-hybridized carbons (Fsp3) is 0.300. The second kappa shape index (κ2) is 8.40. The van der Waals surface area contributed by atoms with Crippen LogP contribution in [0.5, 0.6) is 5.75 Å². The third-order valence-electron chi connectivity index (χ3n) is 4.86. The number of carbonyl (C=O) groups excluding carboxylic acids is 1. The second-order valence-electron chi connectivity index (χ2n) is 6.93. The van der Waals surface area contributed by atoms with Gasteiger partial charge in [-0.1, -0.05) is 11.6 Å². The monoisotopic (exact) mass is 443 g/mol. The molecule has 4 N–H and O–H groups in total. The number of aromatic nitrogens is 5. The van der Waals surface area contributed by atoms with Crippen molar-refractivity contribution in [3.8, 4) is 5.75 Å². The van der Waals surface area contributed by atoms with Crippen molar-refractivity contribution in [1.29, 1.82) is 0 Å². The minimum atomic E-state index is -0.475. The zero-order chi connectivity index (χ0) is 22.1. The summed E-state index contributed by atoms with van der Waals surface area (Å²) < 4.78 is 8.95. The maximum absolute atomic E-state index is 13.0. The first-order valence-electron chi connectivity index (χ1n) is 9.77. The van der Waals surface area contributed by atoms with Gasteiger partial charge in [0.05, 0.1) is 30.8 Å². The first-order chi connectivity index (χ1) is 14.9. The number of ether oxygens (including phenoxy) is 1. The molecular formula is C20H22ClN7O3. The summed E-state index contributed by atoms with van der Waals surface area (Å²) in [6.45, 7) is 4.37. The van der Waals surface area contributed by atoms with Crippen molar-refractivity contribution >= 4 is 39.9 Å². The predicted octanol–water partition coefficient (Wildman–Crippen LogP) is 2.20. The summed E-state index contributed by atoms with van der Waals surface area (Å²) in [5, 5.41) is 22.0. The number of nitrogen functional groups attached to an aromatic ring is 1. The number of anilines is 1. The number of carbonyl (C=O) groups is 1. The number of hydrogen-bond donors (Lipinski definition) is 3. The Labute approximate surface area is 182 Å². The van der Waals surface area contributed by atoms with Crippen molar-refractivity contribution in [1.82, 2.24) is 29.7 Å². The number of hydrogen-bond acceptors (Lipinski definition) is 7. The highest BCUT2D eigenvalue weighted by molar-refractivity contribution is 6.35. The maximum atomic E-state index is 13.0. The normalized spacial score (nSPS) is 12.4. The van der Waals surface area contributed by atoms with Crippen LogP contribution >= 0.6 is 11.6 Å². The van der Waals surface area contributed by atoms with E-state index < -0.39 is 11.9 Å². The van der Waals surface area contributed by atoms with E-state index in [1.165, 1.54) is 4.52 Å². The van der Waals surface area contributed by atoms with Crippen LogP contribution in [0.4, 0.5) is 5.82 Å². The molecule has 11 heteroatoms. The van der Waals surface area contributed by atoms with Crippen molar-refractivity contribution in [2.24, 2.45) is 0 Å². The molecule has 0 spiro atoms. The lowest BCUT2D eigenvalue weighted by Crippen LogP contribution is -2.27. The molecule has 3 heterocycles. The van der Waals surface area contributed by atoms with Gasteiger partial charge in [0.25, 0.3) is 5.91 Å². The molecule has 0 saturated carbocycles. The number of nitrogens with zero attached hydrogens (tertiary/aromatic N) is 5. The molecule has 0 aliphatic heterocycles. The zero-order valence-corrected chi connectivity index (χ0v) is 17.8. The maximum Gasteiger partial charge on any atom is 0.259 e. The van der Waals surface area contributed by atoms with Crippen LogP contribution in [0.1, 0.15) is 35.8 Å². The summed E-state index contributed by atoms with van der Waals surface area (Å²) in [4.78, 5) is 17.2. The highest BCUT2D eigenvalue weighted by Gasteiger charge is 2.24. The van der Waals surface area contributed by atoms with Gasteiger partial charge in [0.2, 0.25) is 0 Å². The minimum absolute atomic E-state index is 0.0516. The molecule has 4 aromatic rings. The third-order valence-corrected chi connectivity index (χ3v) is 5.17. The van der Waals surface area contributed by atoms with Gasteiger partial charge in [-0.25, -0.2) is 9.50 Å². The minimum Gasteiger partial charge on any atom is -0.491 e. The largest absolute Gasteiger partial charge is 0.491 e. The van der Waals surface area contributed by atoms with Crippen molar-refractivity contribution in [2.45, 2.75) is 26.4 Å². The quantitative estimate of drug-likeness (QED) is 0.398. The van der Waals surface area contributed by atoms with Crippen molar-refractivity contribution < 1.29 is 14.6 Å². The number of amides is 1. The van der Waals surface area contributed by atoms with E-state index in [1.54, 1.807) is 35.4 Å². The third kappa shape index (κ3) is 3.75. The SMILES string of the molecule is CCOc1c(C(C)NC(=O)c2c(N)nn3cccnc23)cc(Cl)c2cn(CCO)nc12. The van der Waals surface area contributed by atoms with E-state index in [4.69, 9.17) is 22.1 Å². The summed E-state index contributed by atoms with van der Waals surface area (Å²) in [7, 11) is 0. The van der Waals surface area contributed by atoms with Crippen LogP contribution in [0.25, 0.3) is 16.6 Å². The Morgan fingerprint density at radius 2 is 2.23 bits per heavy atom. The molecule has 1 aromatic carbocycles.